The van der Waals surface area contributed by atoms with E-state index >= 15 is 0 Å². The van der Waals surface area contributed by atoms with Crippen molar-refractivity contribution < 1.29 is 19.8 Å². The lowest BCUT2D eigenvalue weighted by Gasteiger charge is -2.13. The van der Waals surface area contributed by atoms with Gasteiger partial charge in [0.15, 0.2) is 0 Å². The van der Waals surface area contributed by atoms with Crippen LogP contribution >= 0.6 is 0 Å². The van der Waals surface area contributed by atoms with Crippen LogP contribution in [-0.2, 0) is 11.8 Å². The third-order valence-corrected chi connectivity index (χ3v) is 2.63. The number of aryl methyl sites for hydroxylation is 1. The molecule has 1 aromatic heterocycles. The number of aliphatic carboxylic acids is 1. The second kappa shape index (κ2) is 5.49. The normalized spacial score (nSPS) is 12.2. The molecule has 6 nitrogen and oxygen atoms in total. The third kappa shape index (κ3) is 3.07. The van der Waals surface area contributed by atoms with E-state index in [0.29, 0.717) is 5.69 Å². The summed E-state index contributed by atoms with van der Waals surface area (Å²) in [6, 6.07) is 2.34. The van der Waals surface area contributed by atoms with Crippen LogP contribution in [-0.4, -0.2) is 39.3 Å². The van der Waals surface area contributed by atoms with Crippen LogP contribution in [0.5, 0.6) is 0 Å². The van der Waals surface area contributed by atoms with E-state index in [1.165, 1.54) is 0 Å². The molecule has 1 atom stereocenters. The van der Waals surface area contributed by atoms with Crippen LogP contribution in [0.4, 0.5) is 0 Å². The van der Waals surface area contributed by atoms with Gasteiger partial charge in [0.1, 0.15) is 11.7 Å². The number of aromatic nitrogens is 1. The summed E-state index contributed by atoms with van der Waals surface area (Å²) in [5.74, 6) is -1.61. The molecular formula is C11H16N2O4. The Morgan fingerprint density at radius 1 is 1.47 bits per heavy atom. The Balaban J connectivity index is 2.77. The third-order valence-electron chi connectivity index (χ3n) is 2.63. The van der Waals surface area contributed by atoms with Crippen molar-refractivity contribution in [2.75, 3.05) is 6.61 Å². The Morgan fingerprint density at radius 2 is 2.12 bits per heavy atom. The fraction of sp³-hybridized carbons (Fsp3) is 0.455. The maximum atomic E-state index is 11.8. The van der Waals surface area contributed by atoms with Gasteiger partial charge in [0.25, 0.3) is 5.91 Å². The highest BCUT2D eigenvalue weighted by molar-refractivity contribution is 5.95. The van der Waals surface area contributed by atoms with Gasteiger partial charge in [-0.05, 0) is 19.1 Å². The maximum Gasteiger partial charge on any atom is 0.326 e. The number of carbonyl (C=O) groups is 2. The number of hydrogen-bond donors (Lipinski definition) is 3. The smallest absolute Gasteiger partial charge is 0.326 e. The Kier molecular flexibility index (Phi) is 4.28. The lowest BCUT2D eigenvalue weighted by atomic mass is 10.2. The van der Waals surface area contributed by atoms with E-state index in [2.05, 4.69) is 5.32 Å². The van der Waals surface area contributed by atoms with Crippen molar-refractivity contribution >= 4 is 11.9 Å². The highest BCUT2D eigenvalue weighted by Crippen LogP contribution is 2.06. The molecule has 1 unspecified atom stereocenters. The largest absolute Gasteiger partial charge is 0.480 e. The summed E-state index contributed by atoms with van der Waals surface area (Å²) in [7, 11) is 1.73. The number of carboxylic acid groups (broad SMARTS) is 1. The fourth-order valence-electron chi connectivity index (χ4n) is 1.46. The lowest BCUT2D eigenvalue weighted by Crippen LogP contribution is -2.42. The summed E-state index contributed by atoms with van der Waals surface area (Å²) in [5.41, 5.74) is 1.30. The number of rotatable bonds is 5. The highest BCUT2D eigenvalue weighted by Gasteiger charge is 2.21. The average molecular weight is 240 g/mol. The monoisotopic (exact) mass is 240 g/mol. The molecule has 0 aliphatic heterocycles. The van der Waals surface area contributed by atoms with Gasteiger partial charge in [-0.25, -0.2) is 4.79 Å². The van der Waals surface area contributed by atoms with Gasteiger partial charge in [0.2, 0.25) is 0 Å². The number of carboxylic acids is 1. The van der Waals surface area contributed by atoms with E-state index in [1.807, 2.05) is 6.92 Å². The molecule has 3 N–H and O–H groups in total. The quantitative estimate of drug-likeness (QED) is 0.670. The molecule has 0 saturated carbocycles. The topological polar surface area (TPSA) is 91.6 Å². The van der Waals surface area contributed by atoms with Crippen molar-refractivity contribution in [1.82, 2.24) is 9.88 Å². The predicted molar refractivity (Wildman–Crippen MR) is 60.7 cm³/mol. The van der Waals surface area contributed by atoms with Gasteiger partial charge in [-0.3, -0.25) is 4.79 Å². The zero-order valence-corrected chi connectivity index (χ0v) is 9.80. The summed E-state index contributed by atoms with van der Waals surface area (Å²) in [6.45, 7) is 1.56. The zero-order valence-electron chi connectivity index (χ0n) is 9.80. The van der Waals surface area contributed by atoms with Gasteiger partial charge in [0, 0.05) is 25.8 Å². The molecule has 1 rings (SSSR count). The summed E-state index contributed by atoms with van der Waals surface area (Å²) in [6.07, 6.45) is -0.00945. The molecule has 0 fully saturated rings. The molecule has 1 amide bonds. The van der Waals surface area contributed by atoms with Crippen molar-refractivity contribution in [3.63, 3.8) is 0 Å². The van der Waals surface area contributed by atoms with Crippen molar-refractivity contribution in [3.8, 4) is 0 Å². The second-order valence-electron chi connectivity index (χ2n) is 3.80. The summed E-state index contributed by atoms with van der Waals surface area (Å²) in [4.78, 5) is 22.6. The number of hydrogen-bond acceptors (Lipinski definition) is 3. The van der Waals surface area contributed by atoms with Gasteiger partial charge in [-0.2, -0.15) is 0 Å². The minimum atomic E-state index is -1.15. The first kappa shape index (κ1) is 13.2. The minimum absolute atomic E-state index is 0.00945. The van der Waals surface area contributed by atoms with Crippen molar-refractivity contribution in [3.05, 3.63) is 23.5 Å². The molecule has 94 valence electrons. The van der Waals surface area contributed by atoms with Crippen LogP contribution in [0.25, 0.3) is 0 Å². The van der Waals surface area contributed by atoms with E-state index in [0.717, 1.165) is 5.69 Å². The number of nitrogens with zero attached hydrogens (tertiary/aromatic N) is 1. The fourth-order valence-corrected chi connectivity index (χ4v) is 1.46. The number of nitrogens with one attached hydrogen (secondary N) is 1. The minimum Gasteiger partial charge on any atom is -0.480 e. The molecule has 0 radical (unpaired) electrons. The van der Waals surface area contributed by atoms with Gasteiger partial charge in [0.05, 0.1) is 0 Å². The van der Waals surface area contributed by atoms with E-state index in [9.17, 15) is 9.59 Å². The first-order valence-electron chi connectivity index (χ1n) is 5.24. The SMILES string of the molecule is Cc1ccc(C(=O)NC(CCO)C(=O)O)n1C. The highest BCUT2D eigenvalue weighted by atomic mass is 16.4. The molecule has 1 heterocycles. The van der Waals surface area contributed by atoms with E-state index in [4.69, 9.17) is 10.2 Å². The first-order valence-corrected chi connectivity index (χ1v) is 5.24. The Morgan fingerprint density at radius 3 is 2.53 bits per heavy atom. The van der Waals surface area contributed by atoms with E-state index in [-0.39, 0.29) is 13.0 Å². The number of aliphatic hydroxyl groups is 1. The van der Waals surface area contributed by atoms with Crippen molar-refractivity contribution in [1.29, 1.82) is 0 Å². The number of aliphatic hydroxyl groups excluding tert-OH is 1. The number of carbonyl (C=O) groups excluding carboxylic acids is 1. The van der Waals surface area contributed by atoms with E-state index < -0.39 is 17.9 Å². The molecule has 0 spiro atoms. The zero-order chi connectivity index (χ0) is 13.0. The molecular weight excluding hydrogens is 224 g/mol. The molecule has 1 aromatic rings. The van der Waals surface area contributed by atoms with Crippen LogP contribution in [0.15, 0.2) is 12.1 Å². The Labute approximate surface area is 98.9 Å². The van der Waals surface area contributed by atoms with Crippen molar-refractivity contribution in [2.24, 2.45) is 7.05 Å². The summed E-state index contributed by atoms with van der Waals surface area (Å²) >= 11 is 0. The lowest BCUT2D eigenvalue weighted by molar-refractivity contribution is -0.139. The number of amides is 1. The standard InChI is InChI=1S/C11H16N2O4/c1-7-3-4-9(13(7)2)10(15)12-8(5-6-14)11(16)17/h3-4,8,14H,5-6H2,1-2H3,(H,12,15)(H,16,17). The van der Waals surface area contributed by atoms with Gasteiger partial charge in [-0.1, -0.05) is 0 Å². The summed E-state index contributed by atoms with van der Waals surface area (Å²) in [5, 5.41) is 19.9. The molecule has 0 aliphatic rings. The Bertz CT molecular complexity index is 425. The molecule has 0 bridgehead atoms. The van der Waals surface area contributed by atoms with E-state index in [1.54, 1.807) is 23.7 Å². The Hall–Kier alpha value is -1.82. The van der Waals surface area contributed by atoms with Crippen LogP contribution in [0.2, 0.25) is 0 Å². The van der Waals surface area contributed by atoms with Crippen LogP contribution in [0, 0.1) is 6.92 Å². The predicted octanol–water partition coefficient (Wildman–Crippen LogP) is -0.101. The molecule has 17 heavy (non-hydrogen) atoms. The van der Waals surface area contributed by atoms with Crippen molar-refractivity contribution in [2.45, 2.75) is 19.4 Å². The first-order chi connectivity index (χ1) is 7.97. The average Bonchev–Trinajstić information content (AvgIpc) is 2.59. The molecule has 6 heteroatoms. The van der Waals surface area contributed by atoms with Crippen LogP contribution in [0.1, 0.15) is 22.6 Å². The van der Waals surface area contributed by atoms with Gasteiger partial charge >= 0.3 is 5.97 Å². The van der Waals surface area contributed by atoms with Gasteiger partial charge in [-0.15, -0.1) is 0 Å². The molecule has 0 aliphatic carbocycles. The van der Waals surface area contributed by atoms with Gasteiger partial charge < -0.3 is 20.1 Å². The van der Waals surface area contributed by atoms with Crippen LogP contribution < -0.4 is 5.32 Å². The van der Waals surface area contributed by atoms with Crippen LogP contribution in [0.3, 0.4) is 0 Å². The summed E-state index contributed by atoms with van der Waals surface area (Å²) < 4.78 is 1.67. The molecule has 0 saturated heterocycles. The maximum absolute atomic E-state index is 11.8. The second-order valence-corrected chi connectivity index (χ2v) is 3.80. The molecule has 0 aromatic carbocycles.